The summed E-state index contributed by atoms with van der Waals surface area (Å²) in [6.07, 6.45) is 0. The maximum Gasteiger partial charge on any atom is 0.330 e. The molecule has 0 spiro atoms. The van der Waals surface area contributed by atoms with Crippen molar-refractivity contribution in [2.75, 3.05) is 35.0 Å². The van der Waals surface area contributed by atoms with Crippen LogP contribution in [0.15, 0.2) is 36.4 Å². The highest BCUT2D eigenvalue weighted by Gasteiger charge is 2.37. The molecule has 7 heteroatoms. The summed E-state index contributed by atoms with van der Waals surface area (Å²) in [7, 11) is -2.94. The van der Waals surface area contributed by atoms with Gasteiger partial charge in [-0.3, -0.25) is 4.57 Å². The van der Waals surface area contributed by atoms with Crippen molar-refractivity contribution in [2.45, 2.75) is 0 Å². The molecule has 0 aromatic heterocycles. The fraction of sp³-hybridized carbons (Fsp3) is 0.286. The van der Waals surface area contributed by atoms with Gasteiger partial charge in [0.1, 0.15) is 0 Å². The molecule has 0 bridgehead atoms. The molecule has 0 saturated carbocycles. The second-order valence-electron chi connectivity index (χ2n) is 4.84. The molecule has 1 heterocycles. The molecular formula is C14H16Cl2N3OP. The van der Waals surface area contributed by atoms with Gasteiger partial charge in [0.25, 0.3) is 0 Å². The lowest BCUT2D eigenvalue weighted by Crippen LogP contribution is -2.29. The van der Waals surface area contributed by atoms with E-state index in [0.717, 1.165) is 22.1 Å². The first-order chi connectivity index (χ1) is 10.2. The molecule has 2 aromatic rings. The van der Waals surface area contributed by atoms with Crippen molar-refractivity contribution in [3.05, 3.63) is 36.4 Å². The standard InChI is InChI=1S/C14H16Cl2N3OP/c15-7-9-19(10-8-16)21(20)17-13-6-5-11-3-1-2-4-12(11)14(13)18-21/h1-6H,7-10H2,(H2,17,18,20)/t21-/m0/s1. The molecule has 4 nitrogen and oxygen atoms in total. The van der Waals surface area contributed by atoms with Crippen LogP contribution in [-0.2, 0) is 4.57 Å². The van der Waals surface area contributed by atoms with Crippen LogP contribution in [-0.4, -0.2) is 29.5 Å². The van der Waals surface area contributed by atoms with Crippen molar-refractivity contribution in [3.63, 3.8) is 0 Å². The molecule has 0 fully saturated rings. The Bertz CT molecular complexity index is 704. The van der Waals surface area contributed by atoms with Crippen molar-refractivity contribution in [1.82, 2.24) is 4.67 Å². The number of alkyl halides is 2. The number of hydrogen-bond donors (Lipinski definition) is 2. The van der Waals surface area contributed by atoms with Crippen molar-refractivity contribution in [2.24, 2.45) is 0 Å². The predicted molar refractivity (Wildman–Crippen MR) is 91.8 cm³/mol. The second-order valence-corrected chi connectivity index (χ2v) is 7.76. The maximum absolute atomic E-state index is 13.2. The van der Waals surface area contributed by atoms with Crippen LogP contribution < -0.4 is 10.2 Å². The van der Waals surface area contributed by atoms with Crippen LogP contribution in [0.25, 0.3) is 10.8 Å². The van der Waals surface area contributed by atoms with Crippen LogP contribution in [0, 0.1) is 0 Å². The molecule has 112 valence electrons. The number of rotatable bonds is 5. The Morgan fingerprint density at radius 1 is 1.00 bits per heavy atom. The topological polar surface area (TPSA) is 44.4 Å². The quantitative estimate of drug-likeness (QED) is 0.616. The lowest BCUT2D eigenvalue weighted by Gasteiger charge is -2.27. The van der Waals surface area contributed by atoms with Crippen LogP contribution in [0.5, 0.6) is 0 Å². The largest absolute Gasteiger partial charge is 0.330 e. The van der Waals surface area contributed by atoms with E-state index in [1.807, 2.05) is 36.4 Å². The smallest absolute Gasteiger partial charge is 0.306 e. The van der Waals surface area contributed by atoms with Crippen molar-refractivity contribution in [3.8, 4) is 0 Å². The summed E-state index contributed by atoms with van der Waals surface area (Å²) >= 11 is 11.6. The van der Waals surface area contributed by atoms with E-state index in [-0.39, 0.29) is 0 Å². The fourth-order valence-corrected chi connectivity index (χ4v) is 5.36. The number of fused-ring (bicyclic) bond motifs is 3. The monoisotopic (exact) mass is 343 g/mol. The summed E-state index contributed by atoms with van der Waals surface area (Å²) in [5, 5.41) is 8.47. The third-order valence-corrected chi connectivity index (χ3v) is 6.15. The van der Waals surface area contributed by atoms with Gasteiger partial charge in [0.15, 0.2) is 0 Å². The summed E-state index contributed by atoms with van der Waals surface area (Å²) in [4.78, 5) is 0. The lowest BCUT2D eigenvalue weighted by molar-refractivity contribution is 0.455. The van der Waals surface area contributed by atoms with Gasteiger partial charge < -0.3 is 10.2 Å². The number of anilines is 2. The number of hydrogen-bond acceptors (Lipinski definition) is 1. The van der Waals surface area contributed by atoms with Gasteiger partial charge in [0.05, 0.1) is 11.4 Å². The molecule has 2 N–H and O–H groups in total. The van der Waals surface area contributed by atoms with E-state index in [4.69, 9.17) is 23.2 Å². The highest BCUT2D eigenvalue weighted by Crippen LogP contribution is 2.58. The Kier molecular flexibility index (Phi) is 4.32. The van der Waals surface area contributed by atoms with Crippen LogP contribution in [0.1, 0.15) is 0 Å². The van der Waals surface area contributed by atoms with Gasteiger partial charge in [-0.2, -0.15) is 0 Å². The third kappa shape index (κ3) is 2.74. The normalized spacial score (nSPS) is 20.3. The molecule has 0 aliphatic carbocycles. The minimum Gasteiger partial charge on any atom is -0.306 e. The molecule has 0 amide bonds. The van der Waals surface area contributed by atoms with Crippen LogP contribution in [0.3, 0.4) is 0 Å². The SMILES string of the molecule is O=[P@@]1(N(CCCl)CCCl)Nc2ccc3ccccc3c2N1. The Morgan fingerprint density at radius 3 is 2.43 bits per heavy atom. The summed E-state index contributed by atoms with van der Waals surface area (Å²) in [5.41, 5.74) is 1.73. The summed E-state index contributed by atoms with van der Waals surface area (Å²) in [6.45, 7) is 1.02. The number of halogens is 2. The van der Waals surface area contributed by atoms with E-state index < -0.39 is 7.59 Å². The van der Waals surface area contributed by atoms with Crippen LogP contribution in [0.4, 0.5) is 11.4 Å². The highest BCUT2D eigenvalue weighted by atomic mass is 35.5. The van der Waals surface area contributed by atoms with Gasteiger partial charge >= 0.3 is 7.59 Å². The third-order valence-electron chi connectivity index (χ3n) is 3.55. The summed E-state index contributed by atoms with van der Waals surface area (Å²) in [6, 6.07) is 12.0. The van der Waals surface area contributed by atoms with E-state index in [0.29, 0.717) is 24.8 Å². The zero-order valence-electron chi connectivity index (χ0n) is 11.4. The molecule has 21 heavy (non-hydrogen) atoms. The Morgan fingerprint density at radius 2 is 1.71 bits per heavy atom. The maximum atomic E-state index is 13.2. The predicted octanol–water partition coefficient (Wildman–Crippen LogP) is 4.56. The first-order valence-corrected chi connectivity index (χ1v) is 9.46. The van der Waals surface area contributed by atoms with E-state index in [1.165, 1.54) is 0 Å². The Balaban J connectivity index is 1.99. The van der Waals surface area contributed by atoms with Crippen LogP contribution >= 0.6 is 30.8 Å². The summed E-state index contributed by atoms with van der Waals surface area (Å²) < 4.78 is 15.0. The number of nitrogens with zero attached hydrogens (tertiary/aromatic N) is 1. The molecule has 0 saturated heterocycles. The van der Waals surface area contributed by atoms with Crippen LogP contribution in [0.2, 0.25) is 0 Å². The van der Waals surface area contributed by atoms with Gasteiger partial charge in [0, 0.05) is 30.2 Å². The average Bonchev–Trinajstić information content (AvgIpc) is 2.85. The van der Waals surface area contributed by atoms with Gasteiger partial charge in [0.2, 0.25) is 0 Å². The average molecular weight is 344 g/mol. The molecule has 1 atom stereocenters. The van der Waals surface area contributed by atoms with Gasteiger partial charge in [-0.1, -0.05) is 30.3 Å². The lowest BCUT2D eigenvalue weighted by atomic mass is 10.1. The van der Waals surface area contributed by atoms with Crippen molar-refractivity contribution in [1.29, 1.82) is 0 Å². The number of benzene rings is 2. The molecular weight excluding hydrogens is 328 g/mol. The van der Waals surface area contributed by atoms with Gasteiger partial charge in [-0.05, 0) is 11.5 Å². The molecule has 0 radical (unpaired) electrons. The molecule has 1 aliphatic heterocycles. The Labute approximate surface area is 133 Å². The zero-order valence-corrected chi connectivity index (χ0v) is 13.8. The minimum atomic E-state index is -2.94. The van der Waals surface area contributed by atoms with E-state index in [1.54, 1.807) is 4.67 Å². The van der Waals surface area contributed by atoms with Crippen molar-refractivity contribution < 1.29 is 4.57 Å². The molecule has 3 rings (SSSR count). The molecule has 1 aliphatic rings. The van der Waals surface area contributed by atoms with Crippen molar-refractivity contribution >= 4 is 52.9 Å². The fourth-order valence-electron chi connectivity index (χ4n) is 2.56. The first-order valence-electron chi connectivity index (χ1n) is 6.73. The first kappa shape index (κ1) is 15.0. The second kappa shape index (κ2) is 6.05. The molecule has 2 aromatic carbocycles. The zero-order chi connectivity index (χ0) is 14.9. The molecule has 0 unspecified atom stereocenters. The van der Waals surface area contributed by atoms with Gasteiger partial charge in [-0.25, -0.2) is 4.67 Å². The van der Waals surface area contributed by atoms with Gasteiger partial charge in [-0.15, -0.1) is 23.2 Å². The van der Waals surface area contributed by atoms with E-state index in [9.17, 15) is 4.57 Å². The minimum absolute atomic E-state index is 0.404. The van der Waals surface area contributed by atoms with E-state index in [2.05, 4.69) is 10.2 Å². The van der Waals surface area contributed by atoms with E-state index >= 15 is 0 Å². The number of nitrogens with one attached hydrogen (secondary N) is 2. The highest BCUT2D eigenvalue weighted by molar-refractivity contribution is 7.65. The summed E-state index contributed by atoms with van der Waals surface area (Å²) in [5.74, 6) is 0.808. The Hall–Kier alpha value is -0.930.